The van der Waals surface area contributed by atoms with E-state index in [1.807, 2.05) is 30.3 Å². The fourth-order valence-corrected chi connectivity index (χ4v) is 3.55. The molecule has 0 unspecified atom stereocenters. The molecule has 0 fully saturated rings. The molecule has 5 rings (SSSR count). The van der Waals surface area contributed by atoms with Crippen LogP contribution in [-0.2, 0) is 11.3 Å². The molecule has 3 aromatic carbocycles. The number of ether oxygens (including phenoxy) is 1. The Balaban J connectivity index is 1.37. The number of fused-ring (bicyclic) bond motifs is 3. The average molecular weight is 431 g/mol. The highest BCUT2D eigenvalue weighted by Crippen LogP contribution is 2.36. The zero-order valence-corrected chi connectivity index (χ0v) is 17.3. The molecule has 9 heteroatoms. The maximum Gasteiger partial charge on any atom is 0.248 e. The minimum Gasteiger partial charge on any atom is -0.495 e. The summed E-state index contributed by atoms with van der Waals surface area (Å²) in [6, 6.07) is 15.8. The number of hydrogen-bond acceptors (Lipinski definition) is 6. The maximum absolute atomic E-state index is 13.5. The highest BCUT2D eigenvalue weighted by atomic mass is 19.1. The molecule has 2 aromatic heterocycles. The summed E-state index contributed by atoms with van der Waals surface area (Å²) >= 11 is 0. The van der Waals surface area contributed by atoms with Crippen LogP contribution < -0.4 is 10.1 Å². The van der Waals surface area contributed by atoms with Crippen molar-refractivity contribution in [3.05, 3.63) is 66.0 Å². The van der Waals surface area contributed by atoms with Crippen molar-refractivity contribution in [3.8, 4) is 17.1 Å². The Morgan fingerprint density at radius 2 is 1.97 bits per heavy atom. The largest absolute Gasteiger partial charge is 0.495 e. The summed E-state index contributed by atoms with van der Waals surface area (Å²) in [6.07, 6.45) is 0. The van der Waals surface area contributed by atoms with Gasteiger partial charge in [-0.2, -0.15) is 4.80 Å². The Morgan fingerprint density at radius 3 is 2.78 bits per heavy atom. The third-order valence-electron chi connectivity index (χ3n) is 5.13. The first-order chi connectivity index (χ1) is 15.5. The normalized spacial score (nSPS) is 11.2. The summed E-state index contributed by atoms with van der Waals surface area (Å²) < 4.78 is 24.8. The van der Waals surface area contributed by atoms with E-state index in [4.69, 9.17) is 9.15 Å². The van der Waals surface area contributed by atoms with Gasteiger partial charge in [0.2, 0.25) is 11.7 Å². The number of nitrogens with one attached hydrogen (secondary N) is 1. The number of aromatic nitrogens is 4. The van der Waals surface area contributed by atoms with Gasteiger partial charge in [-0.25, -0.2) is 4.39 Å². The molecule has 0 radical (unpaired) electrons. The van der Waals surface area contributed by atoms with Crippen LogP contribution in [0, 0.1) is 12.7 Å². The number of tetrazole rings is 1. The summed E-state index contributed by atoms with van der Waals surface area (Å²) in [5, 5.41) is 16.8. The van der Waals surface area contributed by atoms with Crippen LogP contribution in [0.3, 0.4) is 0 Å². The number of carbonyl (C=O) groups excluding carboxylic acids is 1. The lowest BCUT2D eigenvalue weighted by Crippen LogP contribution is -2.20. The fraction of sp³-hybridized carbons (Fsp3) is 0.130. The van der Waals surface area contributed by atoms with Gasteiger partial charge in [0.05, 0.1) is 12.8 Å². The predicted molar refractivity (Wildman–Crippen MR) is 117 cm³/mol. The van der Waals surface area contributed by atoms with Crippen molar-refractivity contribution in [2.75, 3.05) is 12.4 Å². The van der Waals surface area contributed by atoms with Crippen molar-refractivity contribution in [3.63, 3.8) is 0 Å². The second kappa shape index (κ2) is 7.77. The molecular weight excluding hydrogens is 413 g/mol. The van der Waals surface area contributed by atoms with E-state index in [2.05, 4.69) is 20.7 Å². The average Bonchev–Trinajstić information content (AvgIpc) is 3.39. The van der Waals surface area contributed by atoms with Crippen molar-refractivity contribution < 1.29 is 18.3 Å². The zero-order valence-electron chi connectivity index (χ0n) is 17.3. The van der Waals surface area contributed by atoms with E-state index in [0.29, 0.717) is 34.0 Å². The molecule has 0 aliphatic rings. The Labute approximate surface area is 181 Å². The molecular formula is C23H18FN5O3. The summed E-state index contributed by atoms with van der Waals surface area (Å²) in [5.41, 5.74) is 2.95. The zero-order chi connectivity index (χ0) is 22.2. The molecule has 0 bridgehead atoms. The quantitative estimate of drug-likeness (QED) is 0.445. The van der Waals surface area contributed by atoms with Gasteiger partial charge in [-0.3, -0.25) is 4.79 Å². The van der Waals surface area contributed by atoms with Gasteiger partial charge in [0.15, 0.2) is 0 Å². The first-order valence-electron chi connectivity index (χ1n) is 9.85. The fourth-order valence-electron chi connectivity index (χ4n) is 3.55. The summed E-state index contributed by atoms with van der Waals surface area (Å²) in [4.78, 5) is 13.8. The van der Waals surface area contributed by atoms with Crippen LogP contribution in [0.5, 0.6) is 5.75 Å². The minimum atomic E-state index is -0.363. The number of benzene rings is 3. The third-order valence-corrected chi connectivity index (χ3v) is 5.13. The summed E-state index contributed by atoms with van der Waals surface area (Å²) in [6.45, 7) is 1.50. The van der Waals surface area contributed by atoms with Gasteiger partial charge in [0.25, 0.3) is 0 Å². The van der Waals surface area contributed by atoms with Gasteiger partial charge in [-0.05, 0) is 48.0 Å². The number of anilines is 1. The SMILES string of the molecule is COc1cc2c(cc1NC(=O)Cn1nnc(-c3ccc(F)c(C)c3)n1)oc1ccccc12. The number of rotatable bonds is 5. The van der Waals surface area contributed by atoms with E-state index >= 15 is 0 Å². The molecule has 8 nitrogen and oxygen atoms in total. The summed E-state index contributed by atoms with van der Waals surface area (Å²) in [7, 11) is 1.54. The van der Waals surface area contributed by atoms with Crippen molar-refractivity contribution in [2.45, 2.75) is 13.5 Å². The highest BCUT2D eigenvalue weighted by molar-refractivity contribution is 6.07. The van der Waals surface area contributed by atoms with Gasteiger partial charge < -0.3 is 14.5 Å². The lowest BCUT2D eigenvalue weighted by molar-refractivity contribution is -0.117. The van der Waals surface area contributed by atoms with Gasteiger partial charge in [-0.1, -0.05) is 18.2 Å². The molecule has 1 amide bonds. The second-order valence-corrected chi connectivity index (χ2v) is 7.30. The lowest BCUT2D eigenvalue weighted by Gasteiger charge is -2.10. The molecule has 0 spiro atoms. The number of carbonyl (C=O) groups is 1. The van der Waals surface area contributed by atoms with Crippen LogP contribution in [0.15, 0.2) is 59.0 Å². The molecule has 1 N–H and O–H groups in total. The molecule has 0 saturated carbocycles. The number of furan rings is 1. The standard InChI is InChI=1S/C23H18FN5O3/c1-13-9-14(7-8-17(13)24)23-26-28-29(27-23)12-22(30)25-18-11-20-16(10-21(18)31-2)15-5-3-4-6-19(15)32-20/h3-11H,12H2,1-2H3,(H,25,30). The van der Waals surface area contributed by atoms with Crippen molar-refractivity contribution in [1.82, 2.24) is 20.2 Å². The molecule has 0 aliphatic carbocycles. The van der Waals surface area contributed by atoms with E-state index in [-0.39, 0.29) is 18.3 Å². The van der Waals surface area contributed by atoms with Crippen molar-refractivity contribution in [1.29, 1.82) is 0 Å². The Bertz CT molecular complexity index is 1470. The molecule has 32 heavy (non-hydrogen) atoms. The molecule has 0 aliphatic heterocycles. The van der Waals surface area contributed by atoms with Gasteiger partial charge in [0.1, 0.15) is 29.3 Å². The van der Waals surface area contributed by atoms with Gasteiger partial charge >= 0.3 is 0 Å². The van der Waals surface area contributed by atoms with E-state index in [1.54, 1.807) is 25.1 Å². The summed E-state index contributed by atoms with van der Waals surface area (Å²) in [5.74, 6) is 0.141. The van der Waals surface area contributed by atoms with Crippen molar-refractivity contribution in [2.24, 2.45) is 0 Å². The molecule has 0 atom stereocenters. The van der Waals surface area contributed by atoms with Crippen LogP contribution in [0.25, 0.3) is 33.3 Å². The first-order valence-corrected chi connectivity index (χ1v) is 9.85. The molecule has 160 valence electrons. The first kappa shape index (κ1) is 19.7. The number of para-hydroxylation sites is 1. The topological polar surface area (TPSA) is 95.1 Å². The smallest absolute Gasteiger partial charge is 0.248 e. The lowest BCUT2D eigenvalue weighted by atomic mass is 10.1. The molecule has 5 aromatic rings. The monoisotopic (exact) mass is 431 g/mol. The number of halogens is 1. The van der Waals surface area contributed by atoms with Gasteiger partial charge in [0, 0.05) is 22.4 Å². The van der Waals surface area contributed by atoms with Gasteiger partial charge in [-0.15, -0.1) is 10.2 Å². The molecule has 2 heterocycles. The van der Waals surface area contributed by atoms with Crippen LogP contribution in [0.1, 0.15) is 5.56 Å². The van der Waals surface area contributed by atoms with E-state index < -0.39 is 0 Å². The Hall–Kier alpha value is -4.27. The number of aryl methyl sites for hydroxylation is 1. The number of nitrogens with zero attached hydrogens (tertiary/aromatic N) is 4. The van der Waals surface area contributed by atoms with E-state index in [1.165, 1.54) is 18.0 Å². The number of amides is 1. The predicted octanol–water partition coefficient (Wildman–Crippen LogP) is 4.33. The highest BCUT2D eigenvalue weighted by Gasteiger charge is 2.16. The van der Waals surface area contributed by atoms with Crippen LogP contribution in [0.2, 0.25) is 0 Å². The van der Waals surface area contributed by atoms with Crippen LogP contribution >= 0.6 is 0 Å². The molecule has 0 saturated heterocycles. The number of hydrogen-bond donors (Lipinski definition) is 1. The Kier molecular flexibility index (Phi) is 4.78. The maximum atomic E-state index is 13.5. The van der Waals surface area contributed by atoms with Crippen molar-refractivity contribution >= 4 is 33.5 Å². The number of methoxy groups -OCH3 is 1. The van der Waals surface area contributed by atoms with E-state index in [0.717, 1.165) is 16.4 Å². The van der Waals surface area contributed by atoms with E-state index in [9.17, 15) is 9.18 Å². The minimum absolute atomic E-state index is 0.158. The van der Waals surface area contributed by atoms with Crippen LogP contribution in [-0.4, -0.2) is 33.2 Å². The second-order valence-electron chi connectivity index (χ2n) is 7.30. The Morgan fingerprint density at radius 1 is 1.12 bits per heavy atom. The van der Waals surface area contributed by atoms with Crippen LogP contribution in [0.4, 0.5) is 10.1 Å². The third kappa shape index (κ3) is 3.53.